The Morgan fingerprint density at radius 2 is 1.87 bits per heavy atom. The Kier molecular flexibility index (Phi) is 5.20. The maximum absolute atomic E-state index is 11.8. The van der Waals surface area contributed by atoms with Crippen LogP contribution in [0.15, 0.2) is 64.5 Å². The summed E-state index contributed by atoms with van der Waals surface area (Å²) in [6, 6.07) is 17.7. The predicted molar refractivity (Wildman–Crippen MR) is 98.7 cm³/mol. The first kappa shape index (κ1) is 15.9. The molecule has 0 N–H and O–H groups in total. The van der Waals surface area contributed by atoms with Crippen molar-refractivity contribution in [3.05, 3.63) is 70.6 Å². The van der Waals surface area contributed by atoms with Gasteiger partial charge in [0.05, 0.1) is 4.91 Å². The van der Waals surface area contributed by atoms with E-state index in [4.69, 9.17) is 4.74 Å². The summed E-state index contributed by atoms with van der Waals surface area (Å²) in [5.74, 6) is 0.698. The van der Waals surface area contributed by atoms with E-state index in [1.54, 1.807) is 0 Å². The van der Waals surface area contributed by atoms with Crippen molar-refractivity contribution in [3.63, 3.8) is 0 Å². The minimum Gasteiger partial charge on any atom is -0.489 e. The van der Waals surface area contributed by atoms with E-state index in [1.165, 1.54) is 23.5 Å². The zero-order valence-corrected chi connectivity index (χ0v) is 14.2. The predicted octanol–water partition coefficient (Wildman–Crippen LogP) is 4.60. The lowest BCUT2D eigenvalue weighted by Gasteiger charge is -2.06. The molecule has 1 amide bonds. The molecule has 0 saturated carbocycles. The van der Waals surface area contributed by atoms with Crippen molar-refractivity contribution < 1.29 is 9.53 Å². The van der Waals surface area contributed by atoms with Gasteiger partial charge < -0.3 is 4.74 Å². The molecule has 23 heavy (non-hydrogen) atoms. The minimum atomic E-state index is -0.157. The van der Waals surface area contributed by atoms with Gasteiger partial charge in [-0.25, -0.2) is 0 Å². The molecule has 0 bridgehead atoms. The standard InChI is InChI=1S/C18H15NO2S2/c1-22-18-19-17(20)16(23-18)11-13-7-9-14(10-8-13)12-21-15-5-3-2-4-6-15/h2-11H,12H2,1H3. The summed E-state index contributed by atoms with van der Waals surface area (Å²) in [5, 5.41) is 0. The number of benzene rings is 2. The summed E-state index contributed by atoms with van der Waals surface area (Å²) >= 11 is 2.92. The van der Waals surface area contributed by atoms with E-state index in [0.717, 1.165) is 21.3 Å². The second kappa shape index (κ2) is 7.53. The third kappa shape index (κ3) is 4.27. The number of amides is 1. The monoisotopic (exact) mass is 341 g/mol. The van der Waals surface area contributed by atoms with Gasteiger partial charge >= 0.3 is 0 Å². The first-order chi connectivity index (χ1) is 11.2. The fourth-order valence-corrected chi connectivity index (χ4v) is 3.44. The molecule has 1 aliphatic rings. The summed E-state index contributed by atoms with van der Waals surface area (Å²) in [6.07, 6.45) is 3.80. The van der Waals surface area contributed by atoms with Gasteiger partial charge in [-0.2, -0.15) is 4.99 Å². The Morgan fingerprint density at radius 3 is 2.52 bits per heavy atom. The third-order valence-corrected chi connectivity index (χ3v) is 5.17. The van der Waals surface area contributed by atoms with E-state index >= 15 is 0 Å². The lowest BCUT2D eigenvalue weighted by molar-refractivity contribution is -0.113. The van der Waals surface area contributed by atoms with Crippen LogP contribution < -0.4 is 4.74 Å². The maximum Gasteiger partial charge on any atom is 0.285 e. The Balaban J connectivity index is 1.63. The van der Waals surface area contributed by atoms with Crippen LogP contribution in [0.4, 0.5) is 0 Å². The number of aliphatic imine (C=N–C) groups is 1. The first-order valence-electron chi connectivity index (χ1n) is 7.08. The van der Waals surface area contributed by atoms with Gasteiger partial charge in [-0.05, 0) is 35.6 Å². The van der Waals surface area contributed by atoms with Crippen molar-refractivity contribution in [1.29, 1.82) is 0 Å². The fraction of sp³-hybridized carbons (Fsp3) is 0.111. The lowest BCUT2D eigenvalue weighted by Crippen LogP contribution is -1.95. The van der Waals surface area contributed by atoms with Crippen molar-refractivity contribution in [2.75, 3.05) is 6.26 Å². The molecule has 1 aliphatic heterocycles. The van der Waals surface area contributed by atoms with Crippen LogP contribution in [0.3, 0.4) is 0 Å². The van der Waals surface area contributed by atoms with Gasteiger partial charge in [-0.1, -0.05) is 54.2 Å². The molecule has 2 aromatic carbocycles. The van der Waals surface area contributed by atoms with Gasteiger partial charge in [-0.15, -0.1) is 11.8 Å². The quantitative estimate of drug-likeness (QED) is 0.762. The number of hydrogen-bond donors (Lipinski definition) is 0. The normalized spacial score (nSPS) is 15.8. The van der Waals surface area contributed by atoms with Crippen LogP contribution in [0, 0.1) is 0 Å². The molecule has 0 radical (unpaired) electrons. The van der Waals surface area contributed by atoms with Crippen LogP contribution in [-0.2, 0) is 11.4 Å². The van der Waals surface area contributed by atoms with E-state index in [9.17, 15) is 4.79 Å². The van der Waals surface area contributed by atoms with Gasteiger partial charge in [0.1, 0.15) is 16.7 Å². The molecule has 0 atom stereocenters. The molecule has 0 unspecified atom stereocenters. The van der Waals surface area contributed by atoms with Crippen LogP contribution >= 0.6 is 23.5 Å². The molecule has 5 heteroatoms. The van der Waals surface area contributed by atoms with Gasteiger partial charge in [0, 0.05) is 0 Å². The molecule has 1 heterocycles. The van der Waals surface area contributed by atoms with E-state index in [-0.39, 0.29) is 5.91 Å². The zero-order chi connectivity index (χ0) is 16.1. The average molecular weight is 341 g/mol. The van der Waals surface area contributed by atoms with Crippen LogP contribution in [-0.4, -0.2) is 16.5 Å². The molecule has 3 rings (SSSR count). The smallest absolute Gasteiger partial charge is 0.285 e. The SMILES string of the molecule is CSC1=NC(=O)C(=Cc2ccc(COc3ccccc3)cc2)S1. The summed E-state index contributed by atoms with van der Waals surface area (Å²) in [4.78, 5) is 16.4. The highest BCUT2D eigenvalue weighted by Gasteiger charge is 2.20. The van der Waals surface area contributed by atoms with Crippen LogP contribution in [0.1, 0.15) is 11.1 Å². The number of rotatable bonds is 4. The highest BCUT2D eigenvalue weighted by atomic mass is 32.2. The number of hydrogen-bond acceptors (Lipinski definition) is 4. The molecule has 116 valence electrons. The van der Waals surface area contributed by atoms with Gasteiger partial charge in [0.2, 0.25) is 0 Å². The summed E-state index contributed by atoms with van der Waals surface area (Å²) in [7, 11) is 0. The highest BCUT2D eigenvalue weighted by Crippen LogP contribution is 2.32. The number of thioether (sulfide) groups is 2. The summed E-state index contributed by atoms with van der Waals surface area (Å²) < 4.78 is 6.52. The van der Waals surface area contributed by atoms with Gasteiger partial charge in [-0.3, -0.25) is 4.79 Å². The van der Waals surface area contributed by atoms with E-state index in [2.05, 4.69) is 4.99 Å². The molecular weight excluding hydrogens is 326 g/mol. The molecule has 0 aliphatic carbocycles. The Labute approximate surface area is 143 Å². The summed E-state index contributed by atoms with van der Waals surface area (Å²) in [5.41, 5.74) is 2.07. The number of carbonyl (C=O) groups is 1. The van der Waals surface area contributed by atoms with Crippen LogP contribution in [0.5, 0.6) is 5.75 Å². The molecule has 2 aromatic rings. The largest absolute Gasteiger partial charge is 0.489 e. The zero-order valence-electron chi connectivity index (χ0n) is 12.6. The number of nitrogens with zero attached hydrogens (tertiary/aromatic N) is 1. The Bertz CT molecular complexity index is 752. The lowest BCUT2D eigenvalue weighted by atomic mass is 10.1. The van der Waals surface area contributed by atoms with Gasteiger partial charge in [0.25, 0.3) is 5.91 Å². The third-order valence-electron chi connectivity index (χ3n) is 3.20. The molecule has 0 fully saturated rings. The van der Waals surface area contributed by atoms with E-state index in [0.29, 0.717) is 11.5 Å². The van der Waals surface area contributed by atoms with Crippen molar-refractivity contribution >= 4 is 39.9 Å². The van der Waals surface area contributed by atoms with Crippen molar-refractivity contribution in [1.82, 2.24) is 0 Å². The van der Waals surface area contributed by atoms with Gasteiger partial charge in [0.15, 0.2) is 0 Å². The van der Waals surface area contributed by atoms with Crippen molar-refractivity contribution in [3.8, 4) is 5.75 Å². The summed E-state index contributed by atoms with van der Waals surface area (Å²) in [6.45, 7) is 0.522. The number of carbonyl (C=O) groups excluding carboxylic acids is 1. The van der Waals surface area contributed by atoms with E-state index in [1.807, 2.05) is 66.9 Å². The Hall–Kier alpha value is -1.98. The van der Waals surface area contributed by atoms with Crippen molar-refractivity contribution in [2.24, 2.45) is 4.99 Å². The second-order valence-electron chi connectivity index (χ2n) is 4.84. The van der Waals surface area contributed by atoms with Crippen LogP contribution in [0.25, 0.3) is 6.08 Å². The Morgan fingerprint density at radius 1 is 1.13 bits per heavy atom. The first-order valence-corrected chi connectivity index (χ1v) is 9.12. The second-order valence-corrected chi connectivity index (χ2v) is 6.92. The topological polar surface area (TPSA) is 38.7 Å². The number of ether oxygens (including phenoxy) is 1. The molecular formula is C18H15NO2S2. The minimum absolute atomic E-state index is 0.157. The highest BCUT2D eigenvalue weighted by molar-refractivity contribution is 8.40. The average Bonchev–Trinajstić information content (AvgIpc) is 2.95. The molecule has 0 spiro atoms. The maximum atomic E-state index is 11.8. The van der Waals surface area contributed by atoms with Crippen molar-refractivity contribution in [2.45, 2.75) is 6.61 Å². The van der Waals surface area contributed by atoms with Crippen LogP contribution in [0.2, 0.25) is 0 Å². The molecule has 3 nitrogen and oxygen atoms in total. The van der Waals surface area contributed by atoms with E-state index < -0.39 is 0 Å². The fourth-order valence-electron chi connectivity index (χ4n) is 2.02. The number of para-hydroxylation sites is 1. The molecule has 0 saturated heterocycles. The molecule has 0 aromatic heterocycles.